The molecule has 0 heterocycles. The molecule has 0 unspecified atom stereocenters. The van der Waals surface area contributed by atoms with Crippen LogP contribution in [0, 0.1) is 0 Å². The monoisotopic (exact) mass is 102 g/mol. The number of hydrogen-bond donors (Lipinski definition) is 0. The zero-order valence-electron chi connectivity index (χ0n) is 4.71. The van der Waals surface area contributed by atoms with E-state index in [1.165, 1.54) is 10.2 Å². The Bertz CT molecular complexity index is 13.5. The molecule has 0 saturated heterocycles. The van der Waals surface area contributed by atoms with Gasteiger partial charge in [-0.2, -0.15) is 0 Å². The van der Waals surface area contributed by atoms with Gasteiger partial charge in [0.25, 0.3) is 0 Å². The Hall–Kier alpha value is 1.52. The van der Waals surface area contributed by atoms with Crippen LogP contribution in [0.3, 0.4) is 0 Å². The van der Waals surface area contributed by atoms with Crippen LogP contribution in [0.2, 0.25) is 6.55 Å². The Balaban J connectivity index is -0.000000000833. The fourth-order valence-electron chi connectivity index (χ4n) is 0. The largest absolute Gasteiger partial charge is 2.00 e. The van der Waals surface area contributed by atoms with Gasteiger partial charge >= 0.3 is 23.1 Å². The molecule has 3 heteroatoms. The van der Waals surface area contributed by atoms with Gasteiger partial charge in [0, 0.05) is 0 Å². The van der Waals surface area contributed by atoms with Crippen LogP contribution in [0.4, 0.5) is 0 Å². The molecule has 0 bridgehead atoms. The molecular formula is CH11AlMgSi. The molecule has 0 aliphatic heterocycles. The maximum Gasteiger partial charge on any atom is 2.00 e. The smallest absolute Gasteiger partial charge is 1.00 e. The Labute approximate surface area is 60.0 Å². The summed E-state index contributed by atoms with van der Waals surface area (Å²) in [5.74, 6) is 0. The van der Waals surface area contributed by atoms with Gasteiger partial charge in [0.15, 0.2) is 17.4 Å². The molecule has 0 amide bonds. The molecule has 0 aliphatic carbocycles. The van der Waals surface area contributed by atoms with Gasteiger partial charge in [-0.3, -0.25) is 0 Å². The molecule has 0 spiro atoms. The molecule has 0 N–H and O–H groups in total. The van der Waals surface area contributed by atoms with Crippen LogP contribution in [0.5, 0.6) is 0 Å². The first kappa shape index (κ1) is 17.8. The van der Waals surface area contributed by atoms with Crippen LogP contribution in [0.15, 0.2) is 0 Å². The molecule has 0 aromatic carbocycles. The van der Waals surface area contributed by atoms with Crippen molar-refractivity contribution in [1.82, 2.24) is 0 Å². The van der Waals surface area contributed by atoms with E-state index in [2.05, 4.69) is 6.55 Å². The van der Waals surface area contributed by atoms with E-state index in [1.807, 2.05) is 0 Å². The molecule has 0 aromatic rings. The van der Waals surface area contributed by atoms with Crippen LogP contribution in [-0.4, -0.2) is 50.7 Å². The van der Waals surface area contributed by atoms with Crippen molar-refractivity contribution in [3.05, 3.63) is 0 Å². The van der Waals surface area contributed by atoms with Crippen LogP contribution in [0.25, 0.3) is 0 Å². The molecule has 4 heavy (non-hydrogen) atoms. The minimum Gasteiger partial charge on any atom is -1.00 e. The van der Waals surface area contributed by atoms with Crippen LogP contribution >= 0.6 is 0 Å². The quantitative estimate of drug-likeness (QED) is 0.312. The first-order chi connectivity index (χ1) is 1.00. The van der Waals surface area contributed by atoms with E-state index in [4.69, 9.17) is 0 Å². The van der Waals surface area contributed by atoms with Gasteiger partial charge in [0.2, 0.25) is 0 Å². The van der Waals surface area contributed by atoms with E-state index in [0.29, 0.717) is 0 Å². The van der Waals surface area contributed by atoms with Crippen molar-refractivity contribution in [3.63, 3.8) is 0 Å². The topological polar surface area (TPSA) is 0 Å². The maximum atomic E-state index is 2.14. The predicted octanol–water partition coefficient (Wildman–Crippen LogP) is -1.94. The summed E-state index contributed by atoms with van der Waals surface area (Å²) in [4.78, 5) is 0. The van der Waals surface area contributed by atoms with Crippen LogP contribution in [-0.2, 0) is 0 Å². The van der Waals surface area contributed by atoms with E-state index >= 15 is 0 Å². The summed E-state index contributed by atoms with van der Waals surface area (Å²) in [6.07, 6.45) is 0. The summed E-state index contributed by atoms with van der Waals surface area (Å²) in [7, 11) is 1.31. The molecule has 0 nitrogen and oxygen atoms in total. The van der Waals surface area contributed by atoms with Crippen molar-refractivity contribution < 1.29 is 2.85 Å². The fraction of sp³-hybridized carbons (Fsp3) is 1.00. The molecule has 0 rings (SSSR count). The summed E-state index contributed by atoms with van der Waals surface area (Å²) in [5.41, 5.74) is 0. The summed E-state index contributed by atoms with van der Waals surface area (Å²) < 4.78 is 0. The zero-order valence-corrected chi connectivity index (χ0v) is 6.12. The number of hydrogen-bond acceptors (Lipinski definition) is 0. The van der Waals surface area contributed by atoms with Gasteiger partial charge in [-0.25, -0.2) is 0 Å². The Kier molecular flexibility index (Phi) is 108. The first-order valence-corrected chi connectivity index (χ1v) is 3.00. The van der Waals surface area contributed by atoms with E-state index in [1.54, 1.807) is 0 Å². The second kappa shape index (κ2) is 24.3. The van der Waals surface area contributed by atoms with Gasteiger partial charge in [-0.05, 0) is 10.2 Å². The van der Waals surface area contributed by atoms with Crippen LogP contribution in [0.1, 0.15) is 2.85 Å². The maximum absolute atomic E-state index is 2.14. The molecule has 0 fully saturated rings. The van der Waals surface area contributed by atoms with Crippen molar-refractivity contribution in [3.8, 4) is 0 Å². The van der Waals surface area contributed by atoms with Gasteiger partial charge in [-0.15, -0.1) is 0 Å². The Morgan fingerprint density at radius 3 is 1.50 bits per heavy atom. The van der Waals surface area contributed by atoms with E-state index in [-0.39, 0.29) is 43.3 Å². The van der Waals surface area contributed by atoms with E-state index < -0.39 is 0 Å². The first-order valence-electron chi connectivity index (χ1n) is 1.00. The summed E-state index contributed by atoms with van der Waals surface area (Å²) in [6.45, 7) is 2.14. The molecule has 0 radical (unpaired) electrons. The third-order valence-corrected chi connectivity index (χ3v) is 0. The summed E-state index contributed by atoms with van der Waals surface area (Å²) in [5, 5.41) is 0. The predicted molar refractivity (Wildman–Crippen MR) is 33.7 cm³/mol. The molecule has 0 aromatic heterocycles. The standard InChI is InChI=1S/CH6Si.Al.Mg.5H/c1-2;;;;;;;/h1-2H3;;;;;;;/q;;+2;;;;2*-1. The third kappa shape index (κ3) is 9.69. The fourth-order valence-corrected chi connectivity index (χ4v) is 0. The van der Waals surface area contributed by atoms with Crippen molar-refractivity contribution in [2.24, 2.45) is 0 Å². The van der Waals surface area contributed by atoms with Gasteiger partial charge in [0.05, 0.1) is 0 Å². The second-order valence-electron chi connectivity index (χ2n) is 0. The van der Waals surface area contributed by atoms with Crippen molar-refractivity contribution in [2.45, 2.75) is 6.55 Å². The average molecular weight is 102 g/mol. The summed E-state index contributed by atoms with van der Waals surface area (Å²) in [6, 6.07) is 0. The van der Waals surface area contributed by atoms with Gasteiger partial charge in [0.1, 0.15) is 0 Å². The van der Waals surface area contributed by atoms with Crippen molar-refractivity contribution >= 4 is 50.7 Å². The van der Waals surface area contributed by atoms with Gasteiger partial charge < -0.3 is 2.85 Å². The second-order valence-corrected chi connectivity index (χ2v) is 0. The Morgan fingerprint density at radius 2 is 1.50 bits per heavy atom. The summed E-state index contributed by atoms with van der Waals surface area (Å²) >= 11 is 0. The Morgan fingerprint density at radius 1 is 1.50 bits per heavy atom. The third-order valence-electron chi connectivity index (χ3n) is 0. The minimum atomic E-state index is 0. The van der Waals surface area contributed by atoms with Crippen LogP contribution < -0.4 is 0 Å². The number of rotatable bonds is 0. The van der Waals surface area contributed by atoms with Crippen molar-refractivity contribution in [2.75, 3.05) is 0 Å². The SMILES string of the molecule is C[SiH3].[AlH3].[H-].[H-].[Mg+2]. The molecular weight excluding hydrogens is 91.4 g/mol. The van der Waals surface area contributed by atoms with Crippen molar-refractivity contribution in [1.29, 1.82) is 0 Å². The normalized spacial score (nSPS) is 2.25. The van der Waals surface area contributed by atoms with E-state index in [9.17, 15) is 0 Å². The molecule has 0 aliphatic rings. The van der Waals surface area contributed by atoms with E-state index in [0.717, 1.165) is 0 Å². The average Bonchev–Trinajstić information content (AvgIpc) is 1.00. The zero-order chi connectivity index (χ0) is 2.00. The minimum absolute atomic E-state index is 0. The molecule has 0 atom stereocenters. The molecule has 0 saturated carbocycles. The van der Waals surface area contributed by atoms with Gasteiger partial charge in [-0.1, -0.05) is 6.55 Å². The molecule has 24 valence electrons.